The minimum atomic E-state index is -0.761. The molecule has 70 valence electrons. The zero-order chi connectivity index (χ0) is 9.68. The average Bonchev–Trinajstić information content (AvgIpc) is 2.15. The number of hydrogen-bond acceptors (Lipinski definition) is 2. The third-order valence-electron chi connectivity index (χ3n) is 1.93. The van der Waals surface area contributed by atoms with Gasteiger partial charge < -0.3 is 0 Å². The molecule has 0 saturated heterocycles. The van der Waals surface area contributed by atoms with E-state index in [-0.39, 0.29) is 22.8 Å². The van der Waals surface area contributed by atoms with Crippen molar-refractivity contribution in [2.45, 2.75) is 12.5 Å². The first-order valence-electron chi connectivity index (χ1n) is 4.18. The third kappa shape index (κ3) is 3.36. The first kappa shape index (κ1) is 10.5. The maximum atomic E-state index is 10.7. The number of carboxylic acids is 1. The van der Waals surface area contributed by atoms with Gasteiger partial charge in [-0.3, -0.25) is 0 Å². The summed E-state index contributed by atoms with van der Waals surface area (Å²) in [4.78, 5) is 10.7. The summed E-state index contributed by atoms with van der Waals surface area (Å²) in [7, 11) is 0. The number of rotatable bonds is 4. The molecule has 1 atom stereocenters. The monoisotopic (exact) mass is 287 g/mol. The molecular weight excluding hydrogens is 273 g/mol. The standard InChI is InChI=1S/C9H10NO2.Sn.3H/c10-8(9(11)12)6-7-4-2-1-3-5-7;;;;/h1-5,8,10H,6H2,(H,11,12);;;;/q-1;+1;;;. The zero-order valence-electron chi connectivity index (χ0n) is 7.53. The Bertz CT molecular complexity index is 276. The van der Waals surface area contributed by atoms with Gasteiger partial charge in [0.15, 0.2) is 0 Å². The van der Waals surface area contributed by atoms with Crippen LogP contribution in [0.5, 0.6) is 0 Å². The Morgan fingerprint density at radius 2 is 2.08 bits per heavy atom. The van der Waals surface area contributed by atoms with Crippen LogP contribution in [0.15, 0.2) is 30.3 Å². The minimum absolute atomic E-state index is 0.211. The Hall–Kier alpha value is -0.551. The second-order valence-electron chi connectivity index (χ2n) is 2.87. The van der Waals surface area contributed by atoms with Gasteiger partial charge in [-0.25, -0.2) is 0 Å². The van der Waals surface area contributed by atoms with Crippen LogP contribution in [0.2, 0.25) is 0 Å². The van der Waals surface area contributed by atoms with Crippen molar-refractivity contribution in [3.05, 3.63) is 35.9 Å². The van der Waals surface area contributed by atoms with E-state index in [2.05, 4.69) is 3.54 Å². The van der Waals surface area contributed by atoms with Crippen LogP contribution in [-0.4, -0.2) is 39.9 Å². The molecule has 1 unspecified atom stereocenters. The number of carboxylic acid groups (broad SMARTS) is 1. The fourth-order valence-corrected chi connectivity index (χ4v) is 2.45. The molecule has 2 N–H and O–H groups in total. The molecule has 13 heavy (non-hydrogen) atoms. The van der Waals surface area contributed by atoms with E-state index >= 15 is 0 Å². The second-order valence-corrected chi connectivity index (χ2v) is 4.52. The van der Waals surface area contributed by atoms with Crippen LogP contribution in [-0.2, 0) is 11.2 Å². The van der Waals surface area contributed by atoms with Gasteiger partial charge in [0.1, 0.15) is 0 Å². The molecule has 0 bridgehead atoms. The van der Waals surface area contributed by atoms with Crippen LogP contribution in [0, 0.1) is 0 Å². The van der Waals surface area contributed by atoms with Crippen molar-refractivity contribution < 1.29 is 9.90 Å². The van der Waals surface area contributed by atoms with E-state index < -0.39 is 12.0 Å². The predicted molar refractivity (Wildman–Crippen MR) is 54.6 cm³/mol. The summed E-state index contributed by atoms with van der Waals surface area (Å²) in [5.74, 6) is -0.761. The Labute approximate surface area is 90.6 Å². The van der Waals surface area contributed by atoms with Gasteiger partial charge in [-0.1, -0.05) is 0 Å². The molecular formula is C9H13NO2Sn. The van der Waals surface area contributed by atoms with E-state index in [0.717, 1.165) is 5.56 Å². The van der Waals surface area contributed by atoms with Gasteiger partial charge in [-0.15, -0.1) is 0 Å². The van der Waals surface area contributed by atoms with E-state index in [1.165, 1.54) is 0 Å². The van der Waals surface area contributed by atoms with Gasteiger partial charge in [-0.05, 0) is 0 Å². The van der Waals surface area contributed by atoms with Gasteiger partial charge >= 0.3 is 90.6 Å². The van der Waals surface area contributed by atoms with Crippen molar-refractivity contribution >= 4 is 28.8 Å². The topological polar surface area (TPSA) is 49.3 Å². The SMILES string of the molecule is O=C(O)C(Cc1ccccc1)[NH][SnH3]. The fraction of sp³-hybridized carbons (Fsp3) is 0.222. The van der Waals surface area contributed by atoms with Gasteiger partial charge in [0, 0.05) is 0 Å². The molecule has 3 nitrogen and oxygen atoms in total. The molecule has 0 fully saturated rings. The van der Waals surface area contributed by atoms with Gasteiger partial charge in [0.2, 0.25) is 0 Å². The molecule has 1 aromatic carbocycles. The summed E-state index contributed by atoms with van der Waals surface area (Å²) in [6.07, 6.45) is 0.573. The Morgan fingerprint density at radius 3 is 2.54 bits per heavy atom. The van der Waals surface area contributed by atoms with Crippen LogP contribution in [0.4, 0.5) is 0 Å². The number of carbonyl (C=O) groups is 1. The quantitative estimate of drug-likeness (QED) is 0.737. The van der Waals surface area contributed by atoms with Crippen LogP contribution in [0.3, 0.4) is 0 Å². The van der Waals surface area contributed by atoms with Crippen LogP contribution in [0.1, 0.15) is 5.56 Å². The van der Waals surface area contributed by atoms with Crippen molar-refractivity contribution in [3.63, 3.8) is 0 Å². The van der Waals surface area contributed by atoms with Crippen LogP contribution < -0.4 is 3.54 Å². The molecule has 0 saturated carbocycles. The zero-order valence-corrected chi connectivity index (χ0v) is 13.2. The Kier molecular flexibility index (Phi) is 4.24. The summed E-state index contributed by atoms with van der Waals surface area (Å²) in [5, 5.41) is 8.81. The normalized spacial score (nSPS) is 12.6. The van der Waals surface area contributed by atoms with E-state index in [1.54, 1.807) is 0 Å². The predicted octanol–water partition coefficient (Wildman–Crippen LogP) is -0.448. The van der Waals surface area contributed by atoms with Gasteiger partial charge in [0.05, 0.1) is 0 Å². The summed E-state index contributed by atoms with van der Waals surface area (Å²) < 4.78 is 2.96. The molecule has 0 aliphatic rings. The number of benzene rings is 1. The van der Waals surface area contributed by atoms with E-state index in [4.69, 9.17) is 5.11 Å². The number of aliphatic carboxylic acids is 1. The van der Waals surface area contributed by atoms with E-state index in [1.807, 2.05) is 30.3 Å². The van der Waals surface area contributed by atoms with E-state index in [9.17, 15) is 4.79 Å². The summed E-state index contributed by atoms with van der Waals surface area (Å²) >= 11 is 0.211. The van der Waals surface area contributed by atoms with Gasteiger partial charge in [-0.2, -0.15) is 0 Å². The van der Waals surface area contributed by atoms with Crippen LogP contribution in [0.25, 0.3) is 0 Å². The molecule has 0 amide bonds. The summed E-state index contributed by atoms with van der Waals surface area (Å²) in [6.45, 7) is 0. The first-order valence-corrected chi connectivity index (χ1v) is 7.03. The van der Waals surface area contributed by atoms with Crippen molar-refractivity contribution in [1.82, 2.24) is 3.54 Å². The molecule has 4 heteroatoms. The first-order chi connectivity index (χ1) is 6.24. The van der Waals surface area contributed by atoms with E-state index in [0.29, 0.717) is 6.42 Å². The van der Waals surface area contributed by atoms with Crippen LogP contribution >= 0.6 is 0 Å². The molecule has 1 rings (SSSR count). The average molecular weight is 286 g/mol. The molecule has 0 heterocycles. The molecule has 0 aromatic heterocycles. The molecule has 0 spiro atoms. The molecule has 1 aromatic rings. The van der Waals surface area contributed by atoms with Gasteiger partial charge in [0.25, 0.3) is 0 Å². The molecule has 0 aliphatic carbocycles. The van der Waals surface area contributed by atoms with Crippen molar-refractivity contribution in [2.75, 3.05) is 0 Å². The number of hydrogen-bond donors (Lipinski definition) is 2. The number of nitrogens with one attached hydrogen (secondary N) is 1. The fourth-order valence-electron chi connectivity index (χ4n) is 1.16. The molecule has 0 aliphatic heterocycles. The van der Waals surface area contributed by atoms with Crippen molar-refractivity contribution in [3.8, 4) is 0 Å². The van der Waals surface area contributed by atoms with Crippen molar-refractivity contribution in [1.29, 1.82) is 0 Å². The summed E-state index contributed by atoms with van der Waals surface area (Å²) in [6, 6.07) is 9.27. The third-order valence-corrected chi connectivity index (χ3v) is 3.92. The molecule has 0 radical (unpaired) electrons. The Morgan fingerprint density at radius 1 is 1.46 bits per heavy atom. The summed E-state index contributed by atoms with van der Waals surface area (Å²) in [5.41, 5.74) is 1.07. The Balaban J connectivity index is 2.62. The second kappa shape index (κ2) is 5.24. The maximum absolute atomic E-state index is 10.7. The van der Waals surface area contributed by atoms with Crippen molar-refractivity contribution in [2.24, 2.45) is 0 Å².